The zero-order valence-electron chi connectivity index (χ0n) is 19.1. The van der Waals surface area contributed by atoms with Crippen LogP contribution in [0.1, 0.15) is 37.6 Å². The van der Waals surface area contributed by atoms with Crippen molar-refractivity contribution in [1.82, 2.24) is 25.0 Å². The van der Waals surface area contributed by atoms with Crippen molar-refractivity contribution in [3.05, 3.63) is 47.4 Å². The monoisotopic (exact) mass is 481 g/mol. The molecule has 6 rings (SSSR count). The Kier molecular flexibility index (Phi) is 5.64. The van der Waals surface area contributed by atoms with E-state index in [1.165, 1.54) is 12.8 Å². The Morgan fingerprint density at radius 1 is 1.12 bits per heavy atom. The van der Waals surface area contributed by atoms with Crippen molar-refractivity contribution in [3.63, 3.8) is 0 Å². The van der Waals surface area contributed by atoms with Gasteiger partial charge >= 0.3 is 0 Å². The molecule has 178 valence electrons. The number of benzene rings is 1. The van der Waals surface area contributed by atoms with E-state index in [-0.39, 0.29) is 6.10 Å². The van der Waals surface area contributed by atoms with Gasteiger partial charge in [0, 0.05) is 31.7 Å². The zero-order valence-corrected chi connectivity index (χ0v) is 19.9. The highest BCUT2D eigenvalue weighted by Crippen LogP contribution is 2.40. The minimum atomic E-state index is -0.149. The SMILES string of the molecule is COc1cc(N2C[C@H]3CC[C@@H](C2)C3Nc2nc3n(n2)CCC[C@H]3Oc2ccccc2Cl)cnn1. The van der Waals surface area contributed by atoms with Crippen molar-refractivity contribution in [1.29, 1.82) is 0 Å². The average molecular weight is 482 g/mol. The van der Waals surface area contributed by atoms with E-state index in [0.717, 1.165) is 44.0 Å². The Bertz CT molecular complexity index is 1160. The van der Waals surface area contributed by atoms with Crippen molar-refractivity contribution >= 4 is 23.2 Å². The molecule has 4 heterocycles. The van der Waals surface area contributed by atoms with Crippen LogP contribution in [0, 0.1) is 11.8 Å². The van der Waals surface area contributed by atoms with Gasteiger partial charge in [-0.2, -0.15) is 10.1 Å². The normalized spacial score (nSPS) is 25.6. The molecule has 4 atom stereocenters. The molecule has 1 aromatic carbocycles. The van der Waals surface area contributed by atoms with Gasteiger partial charge in [0.2, 0.25) is 11.8 Å². The molecule has 1 saturated carbocycles. The van der Waals surface area contributed by atoms with E-state index in [2.05, 4.69) is 20.4 Å². The van der Waals surface area contributed by atoms with Gasteiger partial charge in [-0.15, -0.1) is 10.2 Å². The number of methoxy groups -OCH3 is 1. The quantitative estimate of drug-likeness (QED) is 0.565. The molecule has 2 bridgehead atoms. The lowest BCUT2D eigenvalue weighted by atomic mass is 9.92. The highest BCUT2D eigenvalue weighted by atomic mass is 35.5. The fourth-order valence-corrected chi connectivity index (χ4v) is 5.79. The number of hydrogen-bond donors (Lipinski definition) is 1. The maximum absolute atomic E-state index is 6.32. The number of rotatable bonds is 6. The molecule has 0 spiro atoms. The van der Waals surface area contributed by atoms with Crippen LogP contribution in [0.5, 0.6) is 11.6 Å². The molecule has 2 aromatic heterocycles. The van der Waals surface area contributed by atoms with Gasteiger partial charge in [0.05, 0.1) is 24.0 Å². The third-order valence-electron chi connectivity index (χ3n) is 7.25. The van der Waals surface area contributed by atoms with Gasteiger partial charge in [0.1, 0.15) is 5.75 Å². The second-order valence-electron chi connectivity index (χ2n) is 9.32. The predicted molar refractivity (Wildman–Crippen MR) is 128 cm³/mol. The standard InChI is InChI=1S/C24H28ClN7O2/c1-33-21-11-17(12-26-29-21)31-13-15-8-9-16(14-31)22(15)27-24-28-23-20(7-4-10-32(23)30-24)34-19-6-3-2-5-18(19)25/h2-3,5-6,11-12,15-16,20,22H,4,7-10,13-14H2,1H3,(H,27,30)/t15-,16+,20-,22?/m1/s1. The fourth-order valence-electron chi connectivity index (χ4n) is 5.61. The Labute approximate surface area is 203 Å². The Hall–Kier alpha value is -3.07. The van der Waals surface area contributed by atoms with Gasteiger partial charge in [-0.3, -0.25) is 0 Å². The first kappa shape index (κ1) is 21.5. The van der Waals surface area contributed by atoms with Crippen LogP contribution in [0.3, 0.4) is 0 Å². The zero-order chi connectivity index (χ0) is 23.1. The number of ether oxygens (including phenoxy) is 2. The summed E-state index contributed by atoms with van der Waals surface area (Å²) in [6, 6.07) is 9.91. The Balaban J connectivity index is 1.16. The number of nitrogens with one attached hydrogen (secondary N) is 1. The van der Waals surface area contributed by atoms with Crippen LogP contribution in [0.15, 0.2) is 36.5 Å². The summed E-state index contributed by atoms with van der Waals surface area (Å²) < 4.78 is 13.5. The minimum absolute atomic E-state index is 0.149. The van der Waals surface area contributed by atoms with Crippen LogP contribution in [-0.2, 0) is 6.54 Å². The molecule has 0 radical (unpaired) electrons. The van der Waals surface area contributed by atoms with E-state index >= 15 is 0 Å². The topological polar surface area (TPSA) is 90.2 Å². The second-order valence-corrected chi connectivity index (χ2v) is 9.73. The number of nitrogens with zero attached hydrogens (tertiary/aromatic N) is 6. The van der Waals surface area contributed by atoms with E-state index < -0.39 is 0 Å². The first-order valence-corrected chi connectivity index (χ1v) is 12.3. The molecule has 2 fully saturated rings. The summed E-state index contributed by atoms with van der Waals surface area (Å²) >= 11 is 6.32. The molecular weight excluding hydrogens is 454 g/mol. The highest BCUT2D eigenvalue weighted by Gasteiger charge is 2.43. The minimum Gasteiger partial charge on any atom is -0.481 e. The molecule has 3 aromatic rings. The molecule has 1 N–H and O–H groups in total. The maximum atomic E-state index is 6.32. The van der Waals surface area contributed by atoms with Crippen LogP contribution in [0.4, 0.5) is 11.6 Å². The lowest BCUT2D eigenvalue weighted by molar-refractivity contribution is 0.155. The van der Waals surface area contributed by atoms with E-state index in [9.17, 15) is 0 Å². The number of hydrogen-bond acceptors (Lipinski definition) is 8. The number of piperidine rings is 1. The fraction of sp³-hybridized carbons (Fsp3) is 0.500. The van der Waals surface area contributed by atoms with Crippen LogP contribution in [0.25, 0.3) is 0 Å². The molecule has 1 aliphatic carbocycles. The lowest BCUT2D eigenvalue weighted by Gasteiger charge is -2.39. The third-order valence-corrected chi connectivity index (χ3v) is 7.56. The van der Waals surface area contributed by atoms with Crippen molar-refractivity contribution in [2.75, 3.05) is 30.4 Å². The molecule has 0 amide bonds. The summed E-state index contributed by atoms with van der Waals surface area (Å²) in [7, 11) is 1.62. The summed E-state index contributed by atoms with van der Waals surface area (Å²) in [5.41, 5.74) is 1.07. The van der Waals surface area contributed by atoms with Gasteiger partial charge in [0.25, 0.3) is 0 Å². The third kappa shape index (κ3) is 4.02. The number of aromatic nitrogens is 5. The van der Waals surface area contributed by atoms with E-state index in [1.54, 1.807) is 7.11 Å². The van der Waals surface area contributed by atoms with Crippen LogP contribution in [-0.4, -0.2) is 51.2 Å². The number of anilines is 2. The molecule has 9 nitrogen and oxygen atoms in total. The predicted octanol–water partition coefficient (Wildman–Crippen LogP) is 3.97. The van der Waals surface area contributed by atoms with E-state index in [0.29, 0.717) is 40.5 Å². The summed E-state index contributed by atoms with van der Waals surface area (Å²) in [6.07, 6.45) is 5.96. The van der Waals surface area contributed by atoms with E-state index in [4.69, 9.17) is 31.2 Å². The molecule has 10 heteroatoms. The van der Waals surface area contributed by atoms with Crippen LogP contribution in [0.2, 0.25) is 5.02 Å². The summed E-state index contributed by atoms with van der Waals surface area (Å²) in [6.45, 7) is 2.79. The van der Waals surface area contributed by atoms with Crippen molar-refractivity contribution < 1.29 is 9.47 Å². The second kappa shape index (κ2) is 8.94. The average Bonchev–Trinajstić information content (AvgIpc) is 3.37. The number of para-hydroxylation sites is 1. The first-order valence-electron chi connectivity index (χ1n) is 11.9. The molecular formula is C24H28ClN7O2. The van der Waals surface area contributed by atoms with Crippen molar-refractivity contribution in [2.45, 2.75) is 44.4 Å². The molecule has 3 aliphatic rings. The van der Waals surface area contributed by atoms with Gasteiger partial charge in [0.15, 0.2) is 11.9 Å². The van der Waals surface area contributed by atoms with Gasteiger partial charge < -0.3 is 19.7 Å². The largest absolute Gasteiger partial charge is 0.481 e. The van der Waals surface area contributed by atoms with Crippen LogP contribution < -0.4 is 19.7 Å². The molecule has 1 saturated heterocycles. The number of aryl methyl sites for hydroxylation is 1. The summed E-state index contributed by atoms with van der Waals surface area (Å²) in [5, 5.41) is 17.2. The summed E-state index contributed by atoms with van der Waals surface area (Å²) in [4.78, 5) is 7.27. The smallest absolute Gasteiger partial charge is 0.242 e. The van der Waals surface area contributed by atoms with E-state index in [1.807, 2.05) is 41.2 Å². The van der Waals surface area contributed by atoms with Gasteiger partial charge in [-0.1, -0.05) is 23.7 Å². The Morgan fingerprint density at radius 3 is 2.74 bits per heavy atom. The highest BCUT2D eigenvalue weighted by molar-refractivity contribution is 6.32. The van der Waals surface area contributed by atoms with Crippen molar-refractivity contribution in [3.8, 4) is 11.6 Å². The molecule has 1 unspecified atom stereocenters. The van der Waals surface area contributed by atoms with Gasteiger partial charge in [-0.25, -0.2) is 4.68 Å². The first-order chi connectivity index (χ1) is 16.7. The van der Waals surface area contributed by atoms with Crippen molar-refractivity contribution in [2.24, 2.45) is 11.8 Å². The Morgan fingerprint density at radius 2 is 1.94 bits per heavy atom. The molecule has 34 heavy (non-hydrogen) atoms. The van der Waals surface area contributed by atoms with Gasteiger partial charge in [-0.05, 0) is 49.7 Å². The lowest BCUT2D eigenvalue weighted by Crippen LogP contribution is -2.48. The number of halogens is 1. The maximum Gasteiger partial charge on any atom is 0.242 e. The molecule has 2 aliphatic heterocycles. The summed E-state index contributed by atoms with van der Waals surface area (Å²) in [5.74, 6) is 3.85. The van der Waals surface area contributed by atoms with Crippen LogP contribution >= 0.6 is 11.6 Å². The number of fused-ring (bicyclic) bond motifs is 3.